The van der Waals surface area contributed by atoms with Crippen molar-refractivity contribution in [3.05, 3.63) is 106 Å². The predicted octanol–water partition coefficient (Wildman–Crippen LogP) is 7.24. The highest BCUT2D eigenvalue weighted by molar-refractivity contribution is 7.98. The summed E-state index contributed by atoms with van der Waals surface area (Å²) in [5, 5.41) is 26.7. The van der Waals surface area contributed by atoms with Crippen molar-refractivity contribution < 1.29 is 27.4 Å². The van der Waals surface area contributed by atoms with Crippen LogP contribution in [0.15, 0.2) is 70.7 Å². The van der Waals surface area contributed by atoms with Gasteiger partial charge in [0.25, 0.3) is 10.0 Å². The number of aromatic nitrogens is 7. The molecule has 0 amide bonds. The Balaban J connectivity index is 1.33. The molecule has 1 N–H and O–H groups in total. The van der Waals surface area contributed by atoms with Gasteiger partial charge in [0.2, 0.25) is 0 Å². The molecular weight excluding hydrogens is 779 g/mol. The smallest absolute Gasteiger partial charge is 0.352 e. The van der Waals surface area contributed by atoms with E-state index in [1.165, 1.54) is 38.9 Å². The minimum atomic E-state index is -4.20. The second-order valence-corrected chi connectivity index (χ2v) is 17.2. The number of hydrogen-bond donors (Lipinski definition) is 1. The molecule has 4 aromatic heterocycles. The molecule has 0 unspecified atom stereocenters. The second kappa shape index (κ2) is 14.4. The van der Waals surface area contributed by atoms with Gasteiger partial charge in [-0.3, -0.25) is 14.0 Å². The van der Waals surface area contributed by atoms with Crippen molar-refractivity contribution in [3.8, 4) is 16.9 Å². The average molecular weight is 817 g/mol. The third kappa shape index (κ3) is 6.63. The monoisotopic (exact) mass is 816 g/mol. The number of fused-ring (bicyclic) bond motifs is 8. The molecule has 8 rings (SSSR count). The lowest BCUT2D eigenvalue weighted by Crippen LogP contribution is -2.31. The number of rotatable bonds is 3. The third-order valence-electron chi connectivity index (χ3n) is 10.3. The number of thioether (sulfide) groups is 1. The highest BCUT2D eigenvalue weighted by Crippen LogP contribution is 2.43. The van der Waals surface area contributed by atoms with Crippen molar-refractivity contribution in [3.63, 3.8) is 0 Å². The molecule has 8 bridgehead atoms. The van der Waals surface area contributed by atoms with Gasteiger partial charge in [-0.2, -0.15) is 19.6 Å². The van der Waals surface area contributed by atoms with Crippen LogP contribution < -0.4 is 4.74 Å². The summed E-state index contributed by atoms with van der Waals surface area (Å²) in [6.45, 7) is 3.94. The van der Waals surface area contributed by atoms with Crippen LogP contribution in [-0.2, 0) is 56.6 Å². The fraction of sp³-hybridized carbons (Fsp3) is 0.282. The standard InChI is InChI=1S/C39H38ClFN8O5S2/c1-22-35-32-10-9-30(40)37(35)36-23(2)46(4)43-31(36)20-48(56(52,53)34-11-13-45(3)44-34)19-26-17-27(47(5)42-26)21-55-28-16-24-15-25(41)7-8-29(24)33(18-28)54-14-6-12-49(32)38(22)39(50)51/h7-11,13,15-18H,6,12,14,19-21H2,1-5H3,(H,50,51). The van der Waals surface area contributed by atoms with E-state index in [0.29, 0.717) is 79.6 Å². The summed E-state index contributed by atoms with van der Waals surface area (Å²) in [4.78, 5) is 13.8. The Morgan fingerprint density at radius 3 is 2.52 bits per heavy atom. The molecule has 56 heavy (non-hydrogen) atoms. The van der Waals surface area contributed by atoms with E-state index in [-0.39, 0.29) is 36.2 Å². The van der Waals surface area contributed by atoms with Crippen LogP contribution in [0.3, 0.4) is 0 Å². The van der Waals surface area contributed by atoms with Gasteiger partial charge in [0, 0.05) is 88.4 Å². The molecule has 0 saturated heterocycles. The van der Waals surface area contributed by atoms with Gasteiger partial charge in [0.15, 0.2) is 5.03 Å². The van der Waals surface area contributed by atoms with E-state index in [0.717, 1.165) is 16.0 Å². The number of benzene rings is 3. The quantitative estimate of drug-likeness (QED) is 0.195. The SMILES string of the molecule is Cc1c(C(=O)O)n2c3ccc(Cl)c(c13)-c1c(nn(C)c1C)CN(S(=O)(=O)c1ccn(C)n1)Cc1cc(n(C)n1)CSc1cc(c3ccc(F)cc3c1)OCCC2. The molecule has 5 heterocycles. The van der Waals surface area contributed by atoms with Crippen LogP contribution in [0.2, 0.25) is 5.02 Å². The molecule has 290 valence electrons. The van der Waals surface area contributed by atoms with E-state index in [1.54, 1.807) is 53.3 Å². The highest BCUT2D eigenvalue weighted by Gasteiger charge is 2.33. The van der Waals surface area contributed by atoms with Gasteiger partial charge in [-0.05, 0) is 85.8 Å². The summed E-state index contributed by atoms with van der Waals surface area (Å²) >= 11 is 8.57. The third-order valence-corrected chi connectivity index (χ3v) is 13.3. The average Bonchev–Trinajstić information content (AvgIpc) is 3.89. The fourth-order valence-electron chi connectivity index (χ4n) is 7.54. The number of aryl methyl sites for hydroxylation is 5. The topological polar surface area (TPSA) is 142 Å². The first-order valence-electron chi connectivity index (χ1n) is 17.8. The van der Waals surface area contributed by atoms with Crippen LogP contribution in [0, 0.1) is 19.7 Å². The fourth-order valence-corrected chi connectivity index (χ4v) is 10.1. The molecular formula is C39H38ClFN8O5S2. The van der Waals surface area contributed by atoms with Gasteiger partial charge in [-0.1, -0.05) is 11.6 Å². The number of halogens is 2. The molecule has 0 atom stereocenters. The molecule has 17 heteroatoms. The number of hydrogen-bond acceptors (Lipinski definition) is 8. The Hall–Kier alpha value is -5.16. The Morgan fingerprint density at radius 1 is 0.964 bits per heavy atom. The van der Waals surface area contributed by atoms with E-state index in [2.05, 4.69) is 5.10 Å². The Bertz CT molecular complexity index is 2820. The van der Waals surface area contributed by atoms with Crippen molar-refractivity contribution in [2.24, 2.45) is 21.1 Å². The molecule has 1 aliphatic rings. The van der Waals surface area contributed by atoms with Crippen molar-refractivity contribution >= 4 is 61.0 Å². The Morgan fingerprint density at radius 2 is 1.77 bits per heavy atom. The molecule has 0 aliphatic carbocycles. The first-order valence-corrected chi connectivity index (χ1v) is 20.6. The summed E-state index contributed by atoms with van der Waals surface area (Å²) in [7, 11) is 1.03. The van der Waals surface area contributed by atoms with E-state index >= 15 is 0 Å². The number of aromatic carboxylic acids is 1. The minimum Gasteiger partial charge on any atom is -0.493 e. The van der Waals surface area contributed by atoms with Gasteiger partial charge in [-0.25, -0.2) is 17.6 Å². The maximum Gasteiger partial charge on any atom is 0.352 e. The maximum atomic E-state index is 14.5. The molecule has 0 spiro atoms. The lowest BCUT2D eigenvalue weighted by molar-refractivity contribution is 0.0684. The van der Waals surface area contributed by atoms with E-state index in [9.17, 15) is 22.7 Å². The second-order valence-electron chi connectivity index (χ2n) is 13.9. The molecule has 7 aromatic rings. The van der Waals surface area contributed by atoms with Gasteiger partial charge in [0.05, 0.1) is 31.1 Å². The van der Waals surface area contributed by atoms with Crippen LogP contribution in [0.4, 0.5) is 4.39 Å². The Labute approximate surface area is 331 Å². The summed E-state index contributed by atoms with van der Waals surface area (Å²) in [6, 6.07) is 15.3. The largest absolute Gasteiger partial charge is 0.493 e. The number of carboxylic acid groups (broad SMARTS) is 1. The number of sulfonamides is 1. The molecule has 0 radical (unpaired) electrons. The van der Waals surface area contributed by atoms with Crippen molar-refractivity contribution in [2.45, 2.75) is 55.6 Å². The zero-order chi connectivity index (χ0) is 39.6. The number of ether oxygens (including phenoxy) is 1. The zero-order valence-corrected chi connectivity index (χ0v) is 33.6. The number of carboxylic acids is 1. The van der Waals surface area contributed by atoms with E-state index in [4.69, 9.17) is 26.5 Å². The van der Waals surface area contributed by atoms with Crippen LogP contribution >= 0.6 is 23.4 Å². The maximum absolute atomic E-state index is 14.5. The first kappa shape index (κ1) is 37.7. The van der Waals surface area contributed by atoms with Gasteiger partial charge in [-0.15, -0.1) is 11.8 Å². The highest BCUT2D eigenvalue weighted by atomic mass is 35.5. The van der Waals surface area contributed by atoms with Crippen LogP contribution in [-0.4, -0.2) is 64.3 Å². The zero-order valence-electron chi connectivity index (χ0n) is 31.2. The normalized spacial score (nSPS) is 14.6. The summed E-state index contributed by atoms with van der Waals surface area (Å²) in [5.41, 5.74) is 4.93. The van der Waals surface area contributed by atoms with Crippen molar-refractivity contribution in [2.75, 3.05) is 6.61 Å². The summed E-state index contributed by atoms with van der Waals surface area (Å²) in [6.07, 6.45) is 2.02. The van der Waals surface area contributed by atoms with Gasteiger partial charge in [0.1, 0.15) is 17.3 Å². The molecule has 13 nitrogen and oxygen atoms in total. The summed E-state index contributed by atoms with van der Waals surface area (Å²) in [5.74, 6) is -0.403. The number of carbonyl (C=O) groups is 1. The predicted molar refractivity (Wildman–Crippen MR) is 212 cm³/mol. The minimum absolute atomic E-state index is 0.101. The van der Waals surface area contributed by atoms with Gasteiger partial charge < -0.3 is 14.4 Å². The molecule has 1 aliphatic heterocycles. The molecule has 0 saturated carbocycles. The molecule has 3 aromatic carbocycles. The van der Waals surface area contributed by atoms with Crippen molar-refractivity contribution in [1.29, 1.82) is 0 Å². The van der Waals surface area contributed by atoms with Crippen LogP contribution in [0.5, 0.6) is 5.75 Å². The first-order chi connectivity index (χ1) is 26.7. The summed E-state index contributed by atoms with van der Waals surface area (Å²) < 4.78 is 57.6. The van der Waals surface area contributed by atoms with Crippen LogP contribution in [0.25, 0.3) is 32.8 Å². The Kier molecular flexibility index (Phi) is 9.71. The lowest BCUT2D eigenvalue weighted by Gasteiger charge is -2.20. The lowest BCUT2D eigenvalue weighted by atomic mass is 9.96. The van der Waals surface area contributed by atoms with E-state index in [1.807, 2.05) is 38.2 Å². The van der Waals surface area contributed by atoms with E-state index < -0.39 is 16.0 Å². The van der Waals surface area contributed by atoms with Gasteiger partial charge >= 0.3 is 5.97 Å². The molecule has 0 fully saturated rings. The van der Waals surface area contributed by atoms with Crippen molar-refractivity contribution in [1.82, 2.24) is 38.2 Å². The number of nitrogens with zero attached hydrogens (tertiary/aromatic N) is 8. The van der Waals surface area contributed by atoms with Crippen LogP contribution in [0.1, 0.15) is 45.2 Å².